The highest BCUT2D eigenvalue weighted by molar-refractivity contribution is 5.68. The molecule has 0 bridgehead atoms. The smallest absolute Gasteiger partial charge is 0.410 e. The maximum absolute atomic E-state index is 12.5. The predicted octanol–water partition coefficient (Wildman–Crippen LogP) is 5.96. The molecule has 154 valence electrons. The van der Waals surface area contributed by atoms with Crippen LogP contribution in [0.25, 0.3) is 10.4 Å². The van der Waals surface area contributed by atoms with Crippen molar-refractivity contribution in [3.8, 4) is 11.5 Å². The van der Waals surface area contributed by atoms with Gasteiger partial charge in [0.2, 0.25) is 0 Å². The Morgan fingerprint density at radius 3 is 2.48 bits per heavy atom. The Balaban J connectivity index is 2.00. The summed E-state index contributed by atoms with van der Waals surface area (Å²) < 4.78 is 11.4. The third-order valence-electron chi connectivity index (χ3n) is 3.95. The molecule has 0 aliphatic rings. The fourth-order valence-corrected chi connectivity index (χ4v) is 2.65. The first-order valence-corrected chi connectivity index (χ1v) is 9.68. The van der Waals surface area contributed by atoms with Gasteiger partial charge in [-0.05, 0) is 69.0 Å². The molecule has 2 aromatic carbocycles. The third kappa shape index (κ3) is 8.58. The second-order valence-electron chi connectivity index (χ2n) is 7.59. The van der Waals surface area contributed by atoms with E-state index in [4.69, 9.17) is 15.0 Å². The van der Waals surface area contributed by atoms with Gasteiger partial charge in [0.1, 0.15) is 17.1 Å². The number of para-hydroxylation sites is 1. The van der Waals surface area contributed by atoms with Gasteiger partial charge in [0.15, 0.2) is 0 Å². The van der Waals surface area contributed by atoms with Gasteiger partial charge in [-0.2, -0.15) is 0 Å². The van der Waals surface area contributed by atoms with Crippen LogP contribution in [0.2, 0.25) is 0 Å². The van der Waals surface area contributed by atoms with E-state index in [9.17, 15) is 4.79 Å². The highest BCUT2D eigenvalue weighted by atomic mass is 16.6. The minimum absolute atomic E-state index is 0.343. The molecule has 7 heteroatoms. The molecule has 1 amide bonds. The predicted molar refractivity (Wildman–Crippen MR) is 113 cm³/mol. The van der Waals surface area contributed by atoms with Gasteiger partial charge in [-0.15, -0.1) is 0 Å². The molecule has 0 atom stereocenters. The molecule has 0 spiro atoms. The van der Waals surface area contributed by atoms with E-state index in [-0.39, 0.29) is 6.09 Å². The van der Waals surface area contributed by atoms with E-state index in [0.717, 1.165) is 17.1 Å². The minimum Gasteiger partial charge on any atom is -0.457 e. The SMILES string of the molecule is CC(C)(C)OC(=O)N(CCCN=[N+]=[N-])CCc1cccc(Oc2ccccc2)c1. The zero-order valence-electron chi connectivity index (χ0n) is 17.2. The number of rotatable bonds is 9. The van der Waals surface area contributed by atoms with Crippen molar-refractivity contribution < 1.29 is 14.3 Å². The van der Waals surface area contributed by atoms with Crippen LogP contribution in [0.1, 0.15) is 32.8 Å². The van der Waals surface area contributed by atoms with Crippen molar-refractivity contribution in [1.29, 1.82) is 0 Å². The lowest BCUT2D eigenvalue weighted by Gasteiger charge is -2.27. The third-order valence-corrected chi connectivity index (χ3v) is 3.95. The molecule has 0 radical (unpaired) electrons. The minimum atomic E-state index is -0.566. The first kappa shape index (κ1) is 22.1. The Labute approximate surface area is 171 Å². The largest absolute Gasteiger partial charge is 0.457 e. The van der Waals surface area contributed by atoms with Crippen LogP contribution in [0.4, 0.5) is 4.79 Å². The fourth-order valence-electron chi connectivity index (χ4n) is 2.65. The second-order valence-corrected chi connectivity index (χ2v) is 7.59. The van der Waals surface area contributed by atoms with E-state index in [2.05, 4.69) is 10.0 Å². The molecule has 0 fully saturated rings. The highest BCUT2D eigenvalue weighted by Crippen LogP contribution is 2.22. The van der Waals surface area contributed by atoms with E-state index in [1.165, 1.54) is 0 Å². The summed E-state index contributed by atoms with van der Waals surface area (Å²) in [6.45, 7) is 6.83. The van der Waals surface area contributed by atoms with Gasteiger partial charge in [-0.1, -0.05) is 35.4 Å². The molecule has 0 aliphatic heterocycles. The van der Waals surface area contributed by atoms with Crippen LogP contribution < -0.4 is 4.74 Å². The topological polar surface area (TPSA) is 87.5 Å². The number of carbonyl (C=O) groups is 1. The quantitative estimate of drug-likeness (QED) is 0.227. The van der Waals surface area contributed by atoms with Gasteiger partial charge in [-0.25, -0.2) is 4.79 Å². The van der Waals surface area contributed by atoms with E-state index < -0.39 is 5.60 Å². The summed E-state index contributed by atoms with van der Waals surface area (Å²) in [4.78, 5) is 16.9. The second kappa shape index (κ2) is 11.0. The van der Waals surface area contributed by atoms with Crippen LogP contribution in [-0.2, 0) is 11.2 Å². The number of benzene rings is 2. The molecule has 0 saturated heterocycles. The average molecular weight is 396 g/mol. The summed E-state index contributed by atoms with van der Waals surface area (Å²) in [5, 5.41) is 3.53. The summed E-state index contributed by atoms with van der Waals surface area (Å²) in [5.74, 6) is 1.53. The normalized spacial score (nSPS) is 10.7. The zero-order chi connectivity index (χ0) is 21.1. The highest BCUT2D eigenvalue weighted by Gasteiger charge is 2.21. The van der Waals surface area contributed by atoms with Crippen LogP contribution in [0.15, 0.2) is 59.7 Å². The Hall–Kier alpha value is -3.18. The van der Waals surface area contributed by atoms with Crippen molar-refractivity contribution in [2.45, 2.75) is 39.2 Å². The maximum atomic E-state index is 12.5. The van der Waals surface area contributed by atoms with Crippen molar-refractivity contribution in [2.24, 2.45) is 5.11 Å². The first-order chi connectivity index (χ1) is 13.9. The first-order valence-electron chi connectivity index (χ1n) is 9.68. The Morgan fingerprint density at radius 2 is 1.79 bits per heavy atom. The van der Waals surface area contributed by atoms with Crippen molar-refractivity contribution in [1.82, 2.24) is 4.90 Å². The van der Waals surface area contributed by atoms with Gasteiger partial charge in [-0.3, -0.25) is 0 Å². The molecule has 2 aromatic rings. The van der Waals surface area contributed by atoms with E-state index in [0.29, 0.717) is 32.5 Å². The monoisotopic (exact) mass is 396 g/mol. The number of azide groups is 1. The number of hydrogen-bond acceptors (Lipinski definition) is 4. The summed E-state index contributed by atoms with van der Waals surface area (Å²) >= 11 is 0. The number of nitrogens with zero attached hydrogens (tertiary/aromatic N) is 4. The van der Waals surface area contributed by atoms with E-state index in [1.807, 2.05) is 75.4 Å². The molecule has 0 N–H and O–H groups in total. The molecule has 7 nitrogen and oxygen atoms in total. The lowest BCUT2D eigenvalue weighted by atomic mass is 10.1. The van der Waals surface area contributed by atoms with Gasteiger partial charge in [0.05, 0.1) is 0 Å². The number of ether oxygens (including phenoxy) is 2. The Bertz CT molecular complexity index is 827. The number of hydrogen-bond donors (Lipinski definition) is 0. The molecule has 0 unspecified atom stereocenters. The zero-order valence-corrected chi connectivity index (χ0v) is 17.2. The van der Waals surface area contributed by atoms with E-state index in [1.54, 1.807) is 4.90 Å². The molecule has 0 heterocycles. The van der Waals surface area contributed by atoms with Crippen LogP contribution in [-0.4, -0.2) is 36.2 Å². The van der Waals surface area contributed by atoms with Crippen LogP contribution in [0.3, 0.4) is 0 Å². The van der Waals surface area contributed by atoms with Crippen molar-refractivity contribution in [2.75, 3.05) is 19.6 Å². The number of amides is 1. The Kier molecular flexibility index (Phi) is 8.37. The van der Waals surface area contributed by atoms with Crippen molar-refractivity contribution in [3.63, 3.8) is 0 Å². The summed E-state index contributed by atoms with van der Waals surface area (Å²) in [5.41, 5.74) is 8.91. The van der Waals surface area contributed by atoms with Gasteiger partial charge >= 0.3 is 6.09 Å². The van der Waals surface area contributed by atoms with Crippen molar-refractivity contribution >= 4 is 6.09 Å². The maximum Gasteiger partial charge on any atom is 0.410 e. The fraction of sp³-hybridized carbons (Fsp3) is 0.409. The molecule has 0 aromatic heterocycles. The van der Waals surface area contributed by atoms with E-state index >= 15 is 0 Å². The van der Waals surface area contributed by atoms with Gasteiger partial charge < -0.3 is 14.4 Å². The number of carbonyl (C=O) groups excluding carboxylic acids is 1. The summed E-state index contributed by atoms with van der Waals surface area (Å²) in [6.07, 6.45) is 0.878. The summed E-state index contributed by atoms with van der Waals surface area (Å²) in [6, 6.07) is 17.4. The summed E-state index contributed by atoms with van der Waals surface area (Å²) in [7, 11) is 0. The molecule has 0 saturated carbocycles. The van der Waals surface area contributed by atoms with Crippen LogP contribution in [0, 0.1) is 0 Å². The van der Waals surface area contributed by atoms with Crippen LogP contribution in [0.5, 0.6) is 11.5 Å². The lowest BCUT2D eigenvalue weighted by molar-refractivity contribution is 0.0251. The molecule has 0 aliphatic carbocycles. The lowest BCUT2D eigenvalue weighted by Crippen LogP contribution is -2.38. The molecular formula is C22H28N4O3. The molecule has 29 heavy (non-hydrogen) atoms. The Morgan fingerprint density at radius 1 is 1.07 bits per heavy atom. The van der Waals surface area contributed by atoms with Gasteiger partial charge in [0, 0.05) is 24.5 Å². The average Bonchev–Trinajstić information content (AvgIpc) is 2.67. The van der Waals surface area contributed by atoms with Crippen molar-refractivity contribution in [3.05, 3.63) is 70.6 Å². The standard InChI is InChI=1S/C22H28N4O3/c1-22(2,3)29-21(27)26(15-8-14-24-25-23)16-13-18-9-7-12-20(17-18)28-19-10-5-4-6-11-19/h4-7,9-12,17H,8,13-16H2,1-3H3. The van der Waals surface area contributed by atoms with Crippen LogP contribution >= 0.6 is 0 Å². The van der Waals surface area contributed by atoms with Gasteiger partial charge in [0.25, 0.3) is 0 Å². The molecular weight excluding hydrogens is 368 g/mol. The molecule has 2 rings (SSSR count).